The van der Waals surface area contributed by atoms with Crippen LogP contribution in [0.4, 0.5) is 10.5 Å². The summed E-state index contributed by atoms with van der Waals surface area (Å²) >= 11 is 6.92. The molecule has 12 heteroatoms. The van der Waals surface area contributed by atoms with Gasteiger partial charge in [0.15, 0.2) is 0 Å². The number of aryl methyl sites for hydroxylation is 1. The molecule has 272 valence electrons. The Hall–Kier alpha value is -5.00. The number of ether oxygens (including phenoxy) is 3. The van der Waals surface area contributed by atoms with Gasteiger partial charge in [0.1, 0.15) is 36.0 Å². The van der Waals surface area contributed by atoms with Gasteiger partial charge < -0.3 is 24.0 Å². The van der Waals surface area contributed by atoms with Crippen molar-refractivity contribution in [2.45, 2.75) is 58.3 Å². The Balaban J connectivity index is 1.44. The highest BCUT2D eigenvalue weighted by Crippen LogP contribution is 2.44. The van der Waals surface area contributed by atoms with E-state index < -0.39 is 21.7 Å². The molecule has 0 bridgehead atoms. The van der Waals surface area contributed by atoms with Crippen molar-refractivity contribution in [2.24, 2.45) is 0 Å². The fraction of sp³-hybridized carbons (Fsp3) is 0.300. The quantitative estimate of drug-likeness (QED) is 0.141. The first-order chi connectivity index (χ1) is 24.8. The second-order valence-electron chi connectivity index (χ2n) is 13.7. The third-order valence-electron chi connectivity index (χ3n) is 8.60. The SMILES string of the molecule is Cc1ccc(S(=O)(=O)n2nc(-c3cc(Cl)c(OCc4ccccc4)cc3OCc3ccccc3)c(N3CCN(C(=O)OC(C)(C)C)CC3)c2C)cc1. The molecule has 0 N–H and O–H groups in total. The van der Waals surface area contributed by atoms with Crippen LogP contribution >= 0.6 is 11.6 Å². The zero-order valence-electron chi connectivity index (χ0n) is 30.0. The summed E-state index contributed by atoms with van der Waals surface area (Å²) in [6.07, 6.45) is -0.392. The zero-order valence-corrected chi connectivity index (χ0v) is 31.6. The van der Waals surface area contributed by atoms with Gasteiger partial charge in [0, 0.05) is 37.8 Å². The predicted octanol–water partition coefficient (Wildman–Crippen LogP) is 8.27. The van der Waals surface area contributed by atoms with E-state index in [0.717, 1.165) is 20.8 Å². The van der Waals surface area contributed by atoms with E-state index in [2.05, 4.69) is 0 Å². The zero-order chi connectivity index (χ0) is 37.0. The summed E-state index contributed by atoms with van der Waals surface area (Å²) in [4.78, 5) is 16.7. The minimum absolute atomic E-state index is 0.111. The number of halogens is 1. The number of piperazine rings is 1. The standard InChI is InChI=1S/C40H43ClN4O6S/c1-28-16-18-32(19-17-28)52(47,48)45-29(2)38(43-20-22-44(23-21-43)39(46)51-40(3,4)5)37(42-45)33-24-34(41)36(50-27-31-14-10-7-11-15-31)25-35(33)49-26-30-12-8-6-9-13-30/h6-19,24-25H,20-23,26-27H2,1-5H3. The molecule has 0 unspecified atom stereocenters. The third kappa shape index (κ3) is 8.37. The molecule has 1 aliphatic rings. The van der Waals surface area contributed by atoms with Crippen LogP contribution in [0.15, 0.2) is 102 Å². The molecule has 2 heterocycles. The normalized spacial score (nSPS) is 13.6. The molecule has 1 saturated heterocycles. The van der Waals surface area contributed by atoms with Crippen LogP contribution in [0.3, 0.4) is 0 Å². The predicted molar refractivity (Wildman–Crippen MR) is 203 cm³/mol. The Bertz CT molecular complexity index is 2130. The first kappa shape index (κ1) is 36.8. The van der Waals surface area contributed by atoms with Gasteiger partial charge >= 0.3 is 6.09 Å². The lowest BCUT2D eigenvalue weighted by molar-refractivity contribution is 0.0240. The van der Waals surface area contributed by atoms with E-state index in [1.165, 1.54) is 0 Å². The van der Waals surface area contributed by atoms with Gasteiger partial charge in [-0.3, -0.25) is 0 Å². The molecule has 6 rings (SSSR count). The minimum atomic E-state index is -4.11. The lowest BCUT2D eigenvalue weighted by Crippen LogP contribution is -2.50. The van der Waals surface area contributed by atoms with E-state index in [1.54, 1.807) is 48.2 Å². The van der Waals surface area contributed by atoms with Crippen molar-refractivity contribution in [3.05, 3.63) is 124 Å². The van der Waals surface area contributed by atoms with E-state index in [4.69, 9.17) is 30.9 Å². The maximum atomic E-state index is 14.2. The Morgan fingerprint density at radius 1 is 0.788 bits per heavy atom. The summed E-state index contributed by atoms with van der Waals surface area (Å²) in [7, 11) is -4.11. The molecule has 1 fully saturated rings. The second kappa shape index (κ2) is 15.3. The first-order valence-electron chi connectivity index (χ1n) is 17.1. The molecule has 0 aliphatic carbocycles. The Morgan fingerprint density at radius 2 is 1.35 bits per heavy atom. The van der Waals surface area contributed by atoms with Crippen molar-refractivity contribution >= 4 is 33.4 Å². The van der Waals surface area contributed by atoms with Gasteiger partial charge in [-0.05, 0) is 63.9 Å². The smallest absolute Gasteiger partial charge is 0.410 e. The average Bonchev–Trinajstić information content (AvgIpc) is 3.48. The molecule has 4 aromatic carbocycles. The Labute approximate surface area is 310 Å². The highest BCUT2D eigenvalue weighted by atomic mass is 35.5. The number of benzene rings is 4. The van der Waals surface area contributed by atoms with E-state index >= 15 is 0 Å². The number of hydrogen-bond acceptors (Lipinski definition) is 8. The topological polar surface area (TPSA) is 103 Å². The number of amides is 1. The second-order valence-corrected chi connectivity index (χ2v) is 15.9. The molecule has 1 aromatic heterocycles. The van der Waals surface area contributed by atoms with E-state index in [-0.39, 0.29) is 18.1 Å². The van der Waals surface area contributed by atoms with Crippen molar-refractivity contribution in [1.29, 1.82) is 0 Å². The van der Waals surface area contributed by atoms with E-state index in [1.807, 2.05) is 93.3 Å². The van der Waals surface area contributed by atoms with Gasteiger partial charge in [0.25, 0.3) is 10.0 Å². The highest BCUT2D eigenvalue weighted by Gasteiger charge is 2.33. The molecule has 0 radical (unpaired) electrons. The van der Waals surface area contributed by atoms with Crippen LogP contribution in [0.25, 0.3) is 11.3 Å². The van der Waals surface area contributed by atoms with Crippen LogP contribution in [0.1, 0.15) is 43.2 Å². The summed E-state index contributed by atoms with van der Waals surface area (Å²) < 4.78 is 47.7. The third-order valence-corrected chi connectivity index (χ3v) is 10.6. The van der Waals surface area contributed by atoms with E-state index in [0.29, 0.717) is 65.3 Å². The number of anilines is 1. The van der Waals surface area contributed by atoms with Gasteiger partial charge in [-0.1, -0.05) is 90.0 Å². The number of carbonyl (C=O) groups is 1. The fourth-order valence-electron chi connectivity index (χ4n) is 5.94. The van der Waals surface area contributed by atoms with Gasteiger partial charge in [-0.15, -0.1) is 0 Å². The van der Waals surface area contributed by atoms with Gasteiger partial charge in [-0.2, -0.15) is 17.6 Å². The van der Waals surface area contributed by atoms with E-state index in [9.17, 15) is 13.2 Å². The average molecular weight is 743 g/mol. The molecular weight excluding hydrogens is 700 g/mol. The molecule has 0 saturated carbocycles. The lowest BCUT2D eigenvalue weighted by Gasteiger charge is -2.37. The molecule has 5 aromatic rings. The largest absolute Gasteiger partial charge is 0.488 e. The highest BCUT2D eigenvalue weighted by molar-refractivity contribution is 7.89. The first-order valence-corrected chi connectivity index (χ1v) is 18.9. The Morgan fingerprint density at radius 3 is 1.90 bits per heavy atom. The van der Waals surface area contributed by atoms with Crippen LogP contribution in [0.5, 0.6) is 11.5 Å². The lowest BCUT2D eigenvalue weighted by atomic mass is 10.1. The monoisotopic (exact) mass is 742 g/mol. The van der Waals surface area contributed by atoms with Crippen LogP contribution < -0.4 is 14.4 Å². The Kier molecular flexibility index (Phi) is 10.8. The van der Waals surface area contributed by atoms with Crippen molar-refractivity contribution < 1.29 is 27.4 Å². The summed E-state index contributed by atoms with van der Waals surface area (Å²) in [6, 6.07) is 29.6. The number of rotatable bonds is 10. The number of carbonyl (C=O) groups excluding carboxylic acids is 1. The van der Waals surface area contributed by atoms with Gasteiger partial charge in [0.05, 0.1) is 21.3 Å². The summed E-state index contributed by atoms with van der Waals surface area (Å²) in [6.45, 7) is 11.2. The number of hydrogen-bond donors (Lipinski definition) is 0. The molecule has 10 nitrogen and oxygen atoms in total. The van der Waals surface area contributed by atoms with Crippen molar-refractivity contribution in [2.75, 3.05) is 31.1 Å². The number of nitrogens with zero attached hydrogens (tertiary/aromatic N) is 4. The number of aromatic nitrogens is 2. The fourth-order valence-corrected chi connectivity index (χ4v) is 7.47. The van der Waals surface area contributed by atoms with Gasteiger partial charge in [0.2, 0.25) is 0 Å². The summed E-state index contributed by atoms with van der Waals surface area (Å²) in [5.74, 6) is 0.829. The maximum absolute atomic E-state index is 14.2. The van der Waals surface area contributed by atoms with Crippen LogP contribution in [-0.4, -0.2) is 60.4 Å². The maximum Gasteiger partial charge on any atom is 0.410 e. The summed E-state index contributed by atoms with van der Waals surface area (Å²) in [5, 5.41) is 5.12. The molecule has 0 atom stereocenters. The van der Waals surface area contributed by atoms with Crippen LogP contribution in [0, 0.1) is 13.8 Å². The molecule has 0 spiro atoms. The molecule has 52 heavy (non-hydrogen) atoms. The van der Waals surface area contributed by atoms with Crippen LogP contribution in [0.2, 0.25) is 5.02 Å². The van der Waals surface area contributed by atoms with Crippen LogP contribution in [-0.2, 0) is 28.0 Å². The minimum Gasteiger partial charge on any atom is -0.488 e. The van der Waals surface area contributed by atoms with Crippen molar-refractivity contribution in [3.8, 4) is 22.8 Å². The van der Waals surface area contributed by atoms with Crippen molar-refractivity contribution in [3.63, 3.8) is 0 Å². The molecular formula is C40H43ClN4O6S. The summed E-state index contributed by atoms with van der Waals surface area (Å²) in [5.41, 5.74) is 4.10. The molecule has 1 aliphatic heterocycles. The molecule has 1 amide bonds. The van der Waals surface area contributed by atoms with Crippen molar-refractivity contribution in [1.82, 2.24) is 14.1 Å². The van der Waals surface area contributed by atoms with Gasteiger partial charge in [-0.25, -0.2) is 4.79 Å².